The molecular weight excluding hydrogens is 240 g/mol. The lowest BCUT2D eigenvalue weighted by atomic mass is 9.91. The Morgan fingerprint density at radius 2 is 2.26 bits per heavy atom. The lowest BCUT2D eigenvalue weighted by Crippen LogP contribution is -2.44. The molecule has 1 heterocycles. The minimum Gasteiger partial charge on any atom is -0.492 e. The van der Waals surface area contributed by atoms with E-state index in [1.54, 1.807) is 0 Å². The van der Waals surface area contributed by atoms with Crippen LogP contribution in [0.5, 0.6) is 5.75 Å². The van der Waals surface area contributed by atoms with Gasteiger partial charge in [0.25, 0.3) is 0 Å². The molecule has 0 radical (unpaired) electrons. The number of amides is 1. The van der Waals surface area contributed by atoms with Crippen molar-refractivity contribution in [2.24, 2.45) is 5.92 Å². The number of hydrogen-bond acceptors (Lipinski definition) is 3. The standard InChI is InChI=1S/C15H22N2O2/c1-3-19-14-9-5-4-8-13(14)17-15(18)12-7-6-10-16-11(12)2/h4-5,8-9,11-12,16H,3,6-7,10H2,1-2H3,(H,17,18). The number of rotatable bonds is 4. The molecule has 0 saturated carbocycles. The van der Waals surface area contributed by atoms with Gasteiger partial charge in [0.05, 0.1) is 18.2 Å². The maximum atomic E-state index is 12.3. The van der Waals surface area contributed by atoms with Gasteiger partial charge in [-0.1, -0.05) is 12.1 Å². The lowest BCUT2D eigenvalue weighted by molar-refractivity contribution is -0.121. The molecule has 1 fully saturated rings. The largest absolute Gasteiger partial charge is 0.492 e. The number of para-hydroxylation sites is 2. The lowest BCUT2D eigenvalue weighted by Gasteiger charge is -2.29. The Kier molecular flexibility index (Phi) is 4.80. The summed E-state index contributed by atoms with van der Waals surface area (Å²) >= 11 is 0. The number of carbonyl (C=O) groups is 1. The molecule has 1 saturated heterocycles. The molecule has 0 bridgehead atoms. The molecule has 4 heteroatoms. The first-order valence-corrected chi connectivity index (χ1v) is 6.98. The summed E-state index contributed by atoms with van der Waals surface area (Å²) in [7, 11) is 0. The molecular formula is C15H22N2O2. The second-order valence-electron chi connectivity index (χ2n) is 4.91. The zero-order valence-electron chi connectivity index (χ0n) is 11.6. The Balaban J connectivity index is 2.05. The van der Waals surface area contributed by atoms with Crippen molar-refractivity contribution in [3.05, 3.63) is 24.3 Å². The molecule has 19 heavy (non-hydrogen) atoms. The second-order valence-corrected chi connectivity index (χ2v) is 4.91. The molecule has 0 spiro atoms. The molecule has 4 nitrogen and oxygen atoms in total. The van der Waals surface area contributed by atoms with Gasteiger partial charge in [-0.3, -0.25) is 4.79 Å². The number of anilines is 1. The highest BCUT2D eigenvalue weighted by Gasteiger charge is 2.27. The fourth-order valence-corrected chi connectivity index (χ4v) is 2.48. The van der Waals surface area contributed by atoms with Crippen molar-refractivity contribution in [2.45, 2.75) is 32.7 Å². The number of piperidine rings is 1. The zero-order valence-corrected chi connectivity index (χ0v) is 11.6. The first-order valence-electron chi connectivity index (χ1n) is 6.98. The van der Waals surface area contributed by atoms with Crippen LogP contribution in [0.4, 0.5) is 5.69 Å². The van der Waals surface area contributed by atoms with E-state index in [0.717, 1.165) is 30.8 Å². The highest BCUT2D eigenvalue weighted by molar-refractivity contribution is 5.94. The van der Waals surface area contributed by atoms with Gasteiger partial charge in [0.15, 0.2) is 0 Å². The van der Waals surface area contributed by atoms with E-state index < -0.39 is 0 Å². The third-order valence-corrected chi connectivity index (χ3v) is 3.54. The molecule has 0 aliphatic carbocycles. The summed E-state index contributed by atoms with van der Waals surface area (Å²) in [5, 5.41) is 6.34. The van der Waals surface area contributed by atoms with Gasteiger partial charge >= 0.3 is 0 Å². The van der Waals surface area contributed by atoms with Crippen molar-refractivity contribution in [2.75, 3.05) is 18.5 Å². The topological polar surface area (TPSA) is 50.4 Å². The van der Waals surface area contributed by atoms with Gasteiger partial charge in [0, 0.05) is 6.04 Å². The summed E-state index contributed by atoms with van der Waals surface area (Å²) in [6.45, 7) is 5.60. The van der Waals surface area contributed by atoms with E-state index in [4.69, 9.17) is 4.74 Å². The van der Waals surface area contributed by atoms with Gasteiger partial charge in [-0.25, -0.2) is 0 Å². The molecule has 2 unspecified atom stereocenters. The Bertz CT molecular complexity index is 434. The van der Waals surface area contributed by atoms with Gasteiger partial charge < -0.3 is 15.4 Å². The van der Waals surface area contributed by atoms with Crippen molar-refractivity contribution in [3.63, 3.8) is 0 Å². The fraction of sp³-hybridized carbons (Fsp3) is 0.533. The van der Waals surface area contributed by atoms with E-state index in [1.165, 1.54) is 0 Å². The minimum atomic E-state index is 0.0310. The number of nitrogens with one attached hydrogen (secondary N) is 2. The van der Waals surface area contributed by atoms with Gasteiger partial charge in [-0.15, -0.1) is 0 Å². The smallest absolute Gasteiger partial charge is 0.229 e. The number of ether oxygens (including phenoxy) is 1. The summed E-state index contributed by atoms with van der Waals surface area (Å²) in [5.74, 6) is 0.838. The second kappa shape index (κ2) is 6.57. The molecule has 2 N–H and O–H groups in total. The maximum Gasteiger partial charge on any atom is 0.229 e. The third kappa shape index (κ3) is 3.47. The number of benzene rings is 1. The summed E-state index contributed by atoms with van der Waals surface area (Å²) in [6.07, 6.45) is 1.99. The van der Waals surface area contributed by atoms with Crippen LogP contribution in [0.3, 0.4) is 0 Å². The molecule has 2 rings (SSSR count). The highest BCUT2D eigenvalue weighted by Crippen LogP contribution is 2.26. The van der Waals surface area contributed by atoms with Crippen LogP contribution in [0.2, 0.25) is 0 Å². The summed E-state index contributed by atoms with van der Waals surface area (Å²) in [5.41, 5.74) is 0.757. The van der Waals surface area contributed by atoms with Crippen LogP contribution in [-0.2, 0) is 4.79 Å². The molecule has 1 aromatic carbocycles. The number of hydrogen-bond donors (Lipinski definition) is 2. The van der Waals surface area contributed by atoms with Crippen LogP contribution in [0.25, 0.3) is 0 Å². The van der Waals surface area contributed by atoms with E-state index >= 15 is 0 Å². The quantitative estimate of drug-likeness (QED) is 0.876. The monoisotopic (exact) mass is 262 g/mol. The first kappa shape index (κ1) is 13.9. The summed E-state index contributed by atoms with van der Waals surface area (Å²) < 4.78 is 5.52. The zero-order chi connectivity index (χ0) is 13.7. The molecule has 0 aromatic heterocycles. The molecule has 104 valence electrons. The van der Waals surface area contributed by atoms with E-state index in [9.17, 15) is 4.79 Å². The molecule has 1 aliphatic heterocycles. The average Bonchev–Trinajstić information content (AvgIpc) is 2.41. The Labute approximate surface area is 114 Å². The van der Waals surface area contributed by atoms with E-state index in [1.807, 2.05) is 31.2 Å². The first-order chi connectivity index (χ1) is 9.22. The Morgan fingerprint density at radius 1 is 1.47 bits per heavy atom. The van der Waals surface area contributed by atoms with E-state index in [2.05, 4.69) is 17.6 Å². The van der Waals surface area contributed by atoms with Crippen LogP contribution >= 0.6 is 0 Å². The van der Waals surface area contributed by atoms with Gasteiger partial charge in [-0.2, -0.15) is 0 Å². The molecule has 2 atom stereocenters. The fourth-order valence-electron chi connectivity index (χ4n) is 2.48. The normalized spacial score (nSPS) is 22.8. The molecule has 1 amide bonds. The van der Waals surface area contributed by atoms with Gasteiger partial charge in [-0.05, 0) is 45.4 Å². The van der Waals surface area contributed by atoms with Crippen molar-refractivity contribution >= 4 is 11.6 Å². The predicted molar refractivity (Wildman–Crippen MR) is 76.4 cm³/mol. The van der Waals surface area contributed by atoms with Crippen molar-refractivity contribution in [3.8, 4) is 5.75 Å². The summed E-state index contributed by atoms with van der Waals surface area (Å²) in [4.78, 5) is 12.3. The molecule has 1 aromatic rings. The van der Waals surface area contributed by atoms with Crippen LogP contribution in [-0.4, -0.2) is 25.1 Å². The highest BCUT2D eigenvalue weighted by atomic mass is 16.5. The van der Waals surface area contributed by atoms with E-state index in [0.29, 0.717) is 6.61 Å². The van der Waals surface area contributed by atoms with E-state index in [-0.39, 0.29) is 17.9 Å². The Hall–Kier alpha value is -1.55. The van der Waals surface area contributed by atoms with Crippen molar-refractivity contribution in [1.82, 2.24) is 5.32 Å². The predicted octanol–water partition coefficient (Wildman–Crippen LogP) is 2.41. The average molecular weight is 262 g/mol. The van der Waals surface area contributed by atoms with Gasteiger partial charge in [0.2, 0.25) is 5.91 Å². The van der Waals surface area contributed by atoms with Crippen LogP contribution in [0, 0.1) is 5.92 Å². The van der Waals surface area contributed by atoms with Crippen LogP contribution < -0.4 is 15.4 Å². The molecule has 1 aliphatic rings. The number of carbonyl (C=O) groups excluding carboxylic acids is 1. The third-order valence-electron chi connectivity index (χ3n) is 3.54. The minimum absolute atomic E-state index is 0.0310. The maximum absolute atomic E-state index is 12.3. The van der Waals surface area contributed by atoms with Crippen molar-refractivity contribution in [1.29, 1.82) is 0 Å². The van der Waals surface area contributed by atoms with Crippen LogP contribution in [0.1, 0.15) is 26.7 Å². The SMILES string of the molecule is CCOc1ccccc1NC(=O)C1CCCNC1C. The van der Waals surface area contributed by atoms with Crippen LogP contribution in [0.15, 0.2) is 24.3 Å². The van der Waals surface area contributed by atoms with Crippen molar-refractivity contribution < 1.29 is 9.53 Å². The summed E-state index contributed by atoms with van der Waals surface area (Å²) in [6, 6.07) is 7.80. The Morgan fingerprint density at radius 3 is 3.00 bits per heavy atom. The van der Waals surface area contributed by atoms with Gasteiger partial charge in [0.1, 0.15) is 5.75 Å².